The summed E-state index contributed by atoms with van der Waals surface area (Å²) in [6, 6.07) is 16.2. The van der Waals surface area contributed by atoms with Gasteiger partial charge in [-0.15, -0.1) is 0 Å². The van der Waals surface area contributed by atoms with E-state index in [-0.39, 0.29) is 18.1 Å². The highest BCUT2D eigenvalue weighted by atomic mass is 16.6. The Kier molecular flexibility index (Phi) is 5.13. The van der Waals surface area contributed by atoms with Gasteiger partial charge in [0.2, 0.25) is 5.91 Å². The van der Waals surface area contributed by atoms with E-state index in [1.807, 2.05) is 23.1 Å². The molecule has 0 spiro atoms. The van der Waals surface area contributed by atoms with Crippen LogP contribution in [-0.2, 0) is 4.79 Å². The molecule has 1 N–H and O–H groups in total. The Bertz CT molecular complexity index is 726. The third-order valence-electron chi connectivity index (χ3n) is 4.28. The van der Waals surface area contributed by atoms with Gasteiger partial charge in [-0.05, 0) is 24.3 Å². The quantitative estimate of drug-likeness (QED) is 0.668. The molecule has 3 rings (SSSR count). The molecule has 25 heavy (non-hydrogen) atoms. The number of rotatable bonds is 5. The summed E-state index contributed by atoms with van der Waals surface area (Å²) in [4.78, 5) is 26.6. The van der Waals surface area contributed by atoms with Gasteiger partial charge >= 0.3 is 0 Å². The standard InChI is InChI=1S/C18H20N4O3/c23-18(14-19-15-6-8-17(9-7-15)22(24)25)21-12-10-20(11-13-21)16-4-2-1-3-5-16/h1-9,19H,10-14H2. The molecule has 2 aromatic carbocycles. The van der Waals surface area contributed by atoms with Crippen LogP contribution in [0.2, 0.25) is 0 Å². The summed E-state index contributed by atoms with van der Waals surface area (Å²) in [7, 11) is 0. The van der Waals surface area contributed by atoms with Gasteiger partial charge in [0, 0.05) is 49.7 Å². The second-order valence-corrected chi connectivity index (χ2v) is 5.86. The van der Waals surface area contributed by atoms with Crippen LogP contribution in [0.5, 0.6) is 0 Å². The third kappa shape index (κ3) is 4.26. The van der Waals surface area contributed by atoms with Gasteiger partial charge in [0.05, 0.1) is 11.5 Å². The molecule has 7 nitrogen and oxygen atoms in total. The largest absolute Gasteiger partial charge is 0.376 e. The molecule has 1 aliphatic heterocycles. The number of nitro groups is 1. The number of piperazine rings is 1. The molecule has 0 aromatic heterocycles. The topological polar surface area (TPSA) is 78.7 Å². The van der Waals surface area contributed by atoms with Crippen LogP contribution in [0, 0.1) is 10.1 Å². The molecular weight excluding hydrogens is 320 g/mol. The highest BCUT2D eigenvalue weighted by Gasteiger charge is 2.20. The molecule has 2 aromatic rings. The number of anilines is 2. The third-order valence-corrected chi connectivity index (χ3v) is 4.28. The number of carbonyl (C=O) groups excluding carboxylic acids is 1. The Morgan fingerprint density at radius 2 is 1.64 bits per heavy atom. The molecule has 130 valence electrons. The van der Waals surface area contributed by atoms with Gasteiger partial charge in [-0.1, -0.05) is 18.2 Å². The molecule has 0 saturated carbocycles. The molecule has 0 bridgehead atoms. The Morgan fingerprint density at radius 3 is 2.24 bits per heavy atom. The van der Waals surface area contributed by atoms with Crippen molar-refractivity contribution < 1.29 is 9.72 Å². The Morgan fingerprint density at radius 1 is 1.00 bits per heavy atom. The van der Waals surface area contributed by atoms with Gasteiger partial charge in [-0.2, -0.15) is 0 Å². The lowest BCUT2D eigenvalue weighted by Gasteiger charge is -2.36. The van der Waals surface area contributed by atoms with Gasteiger partial charge in [0.25, 0.3) is 5.69 Å². The predicted octanol–water partition coefficient (Wildman–Crippen LogP) is 2.36. The zero-order valence-electron chi connectivity index (χ0n) is 13.8. The Labute approximate surface area is 146 Å². The van der Waals surface area contributed by atoms with E-state index in [4.69, 9.17) is 0 Å². The smallest absolute Gasteiger partial charge is 0.269 e. The van der Waals surface area contributed by atoms with Crippen molar-refractivity contribution in [2.45, 2.75) is 0 Å². The van der Waals surface area contributed by atoms with Crippen molar-refractivity contribution in [1.82, 2.24) is 4.90 Å². The maximum atomic E-state index is 12.3. The van der Waals surface area contributed by atoms with E-state index in [1.54, 1.807) is 12.1 Å². The van der Waals surface area contributed by atoms with E-state index in [0.717, 1.165) is 13.1 Å². The molecular formula is C18H20N4O3. The SMILES string of the molecule is O=C(CNc1ccc([N+](=O)[O-])cc1)N1CCN(c2ccccc2)CC1. The summed E-state index contributed by atoms with van der Waals surface area (Å²) in [5.41, 5.74) is 1.91. The van der Waals surface area contributed by atoms with Crippen molar-refractivity contribution in [2.75, 3.05) is 42.9 Å². The zero-order chi connectivity index (χ0) is 17.6. The molecule has 0 radical (unpaired) electrons. The number of amides is 1. The van der Waals surface area contributed by atoms with E-state index in [1.165, 1.54) is 17.8 Å². The monoisotopic (exact) mass is 340 g/mol. The first-order valence-electron chi connectivity index (χ1n) is 8.19. The highest BCUT2D eigenvalue weighted by Crippen LogP contribution is 2.17. The van der Waals surface area contributed by atoms with Crippen LogP contribution in [0.15, 0.2) is 54.6 Å². The number of nitrogens with one attached hydrogen (secondary N) is 1. The van der Waals surface area contributed by atoms with Gasteiger partial charge in [-0.25, -0.2) is 0 Å². The van der Waals surface area contributed by atoms with Crippen LogP contribution in [0.25, 0.3) is 0 Å². The van der Waals surface area contributed by atoms with Gasteiger partial charge < -0.3 is 15.1 Å². The number of hydrogen-bond acceptors (Lipinski definition) is 5. The van der Waals surface area contributed by atoms with E-state index >= 15 is 0 Å². The zero-order valence-corrected chi connectivity index (χ0v) is 13.8. The summed E-state index contributed by atoms with van der Waals surface area (Å²) in [5, 5.41) is 13.7. The Balaban J connectivity index is 1.47. The number of para-hydroxylation sites is 1. The van der Waals surface area contributed by atoms with Crippen LogP contribution in [0.4, 0.5) is 17.1 Å². The fraction of sp³-hybridized carbons (Fsp3) is 0.278. The molecule has 1 fully saturated rings. The molecule has 0 unspecified atom stereocenters. The lowest BCUT2D eigenvalue weighted by molar-refractivity contribution is -0.384. The first kappa shape index (κ1) is 16.8. The van der Waals surface area contributed by atoms with Crippen molar-refractivity contribution >= 4 is 23.0 Å². The maximum Gasteiger partial charge on any atom is 0.269 e. The van der Waals surface area contributed by atoms with E-state index in [9.17, 15) is 14.9 Å². The molecule has 1 amide bonds. The van der Waals surface area contributed by atoms with E-state index < -0.39 is 4.92 Å². The molecule has 1 heterocycles. The molecule has 0 aliphatic carbocycles. The highest BCUT2D eigenvalue weighted by molar-refractivity contribution is 5.81. The van der Waals surface area contributed by atoms with Crippen LogP contribution in [-0.4, -0.2) is 48.5 Å². The molecule has 1 aliphatic rings. The van der Waals surface area contributed by atoms with Crippen LogP contribution in [0.1, 0.15) is 0 Å². The second kappa shape index (κ2) is 7.65. The number of hydrogen-bond donors (Lipinski definition) is 1. The van der Waals surface area contributed by atoms with Crippen molar-refractivity contribution in [3.05, 3.63) is 64.7 Å². The normalized spacial score (nSPS) is 14.2. The fourth-order valence-electron chi connectivity index (χ4n) is 2.84. The first-order valence-corrected chi connectivity index (χ1v) is 8.19. The summed E-state index contributed by atoms with van der Waals surface area (Å²) >= 11 is 0. The molecule has 1 saturated heterocycles. The average molecular weight is 340 g/mol. The second-order valence-electron chi connectivity index (χ2n) is 5.86. The number of nitro benzene ring substituents is 1. The number of benzene rings is 2. The van der Waals surface area contributed by atoms with Gasteiger partial charge in [0.1, 0.15) is 0 Å². The lowest BCUT2D eigenvalue weighted by Crippen LogP contribution is -2.50. The first-order chi connectivity index (χ1) is 12.1. The average Bonchev–Trinajstić information content (AvgIpc) is 2.67. The van der Waals surface area contributed by atoms with Crippen molar-refractivity contribution in [1.29, 1.82) is 0 Å². The van der Waals surface area contributed by atoms with E-state index in [0.29, 0.717) is 18.8 Å². The summed E-state index contributed by atoms with van der Waals surface area (Å²) in [6.07, 6.45) is 0. The Hall–Kier alpha value is -3.09. The summed E-state index contributed by atoms with van der Waals surface area (Å²) < 4.78 is 0. The van der Waals surface area contributed by atoms with Crippen LogP contribution < -0.4 is 10.2 Å². The summed E-state index contributed by atoms with van der Waals surface area (Å²) in [6.45, 7) is 3.19. The minimum atomic E-state index is -0.443. The minimum Gasteiger partial charge on any atom is -0.376 e. The number of carbonyl (C=O) groups is 1. The van der Waals surface area contributed by atoms with Crippen molar-refractivity contribution in [3.8, 4) is 0 Å². The van der Waals surface area contributed by atoms with Gasteiger partial charge in [0.15, 0.2) is 0 Å². The van der Waals surface area contributed by atoms with Crippen molar-refractivity contribution in [3.63, 3.8) is 0 Å². The van der Waals surface area contributed by atoms with E-state index in [2.05, 4.69) is 22.3 Å². The fourth-order valence-corrected chi connectivity index (χ4v) is 2.84. The number of nitrogens with zero attached hydrogens (tertiary/aromatic N) is 3. The minimum absolute atomic E-state index is 0.0334. The molecule has 7 heteroatoms. The van der Waals surface area contributed by atoms with Crippen LogP contribution >= 0.6 is 0 Å². The predicted molar refractivity (Wildman–Crippen MR) is 96.8 cm³/mol. The van der Waals surface area contributed by atoms with Crippen molar-refractivity contribution in [2.24, 2.45) is 0 Å². The van der Waals surface area contributed by atoms with Gasteiger partial charge in [-0.3, -0.25) is 14.9 Å². The van der Waals surface area contributed by atoms with Crippen LogP contribution in [0.3, 0.4) is 0 Å². The maximum absolute atomic E-state index is 12.3. The molecule has 0 atom stereocenters. The number of non-ortho nitro benzene ring substituents is 1. The summed E-state index contributed by atoms with van der Waals surface area (Å²) in [5.74, 6) is 0.0334. The lowest BCUT2D eigenvalue weighted by atomic mass is 10.2.